The Morgan fingerprint density at radius 3 is 2.56 bits per heavy atom. The number of carboxylic acid groups (broad SMARTS) is 1. The molecule has 27 heavy (non-hydrogen) atoms. The molecule has 2 fully saturated rings. The van der Waals surface area contributed by atoms with E-state index >= 15 is 0 Å². The van der Waals surface area contributed by atoms with E-state index in [9.17, 15) is 14.4 Å². The molecule has 2 heterocycles. The van der Waals surface area contributed by atoms with E-state index in [1.165, 1.54) is 4.90 Å². The summed E-state index contributed by atoms with van der Waals surface area (Å²) in [5.41, 5.74) is 0.639. The third-order valence-electron chi connectivity index (χ3n) is 5.37. The standard InChI is InChI=1S/C19H24N2O6/c1-26-14-4-2-13(3-5-14)19(8-10-27-11-9-19)12-21-17(24)15(20-18(21)25)6-7-16(22)23/h2-5,15H,6-12H2,1H3,(H,20,25)(H,22,23)/t15-/m1/s1. The lowest BCUT2D eigenvalue weighted by molar-refractivity contribution is -0.137. The molecule has 0 saturated carbocycles. The van der Waals surface area contributed by atoms with Gasteiger partial charge in [-0.2, -0.15) is 0 Å². The van der Waals surface area contributed by atoms with E-state index in [0.29, 0.717) is 26.1 Å². The van der Waals surface area contributed by atoms with Crippen molar-refractivity contribution < 1.29 is 29.0 Å². The Bertz CT molecular complexity index is 711. The van der Waals surface area contributed by atoms with E-state index in [1.54, 1.807) is 7.11 Å². The molecule has 2 aliphatic heterocycles. The second-order valence-electron chi connectivity index (χ2n) is 6.98. The summed E-state index contributed by atoms with van der Waals surface area (Å²) in [6.07, 6.45) is 1.31. The van der Waals surface area contributed by atoms with Crippen LogP contribution in [0.2, 0.25) is 0 Å². The Morgan fingerprint density at radius 1 is 1.30 bits per heavy atom. The molecule has 8 nitrogen and oxygen atoms in total. The highest BCUT2D eigenvalue weighted by Crippen LogP contribution is 2.37. The number of nitrogens with one attached hydrogen (secondary N) is 1. The zero-order valence-corrected chi connectivity index (χ0v) is 15.3. The van der Waals surface area contributed by atoms with Gasteiger partial charge in [0, 0.05) is 31.6 Å². The number of ether oxygens (including phenoxy) is 2. The number of benzene rings is 1. The van der Waals surface area contributed by atoms with Crippen molar-refractivity contribution in [2.24, 2.45) is 0 Å². The molecule has 0 radical (unpaired) electrons. The highest BCUT2D eigenvalue weighted by Gasteiger charge is 2.44. The maximum Gasteiger partial charge on any atom is 0.324 e. The van der Waals surface area contributed by atoms with Crippen molar-refractivity contribution in [3.05, 3.63) is 29.8 Å². The molecule has 1 aromatic carbocycles. The first-order valence-corrected chi connectivity index (χ1v) is 9.01. The highest BCUT2D eigenvalue weighted by atomic mass is 16.5. The van der Waals surface area contributed by atoms with E-state index in [2.05, 4.69) is 5.32 Å². The number of imide groups is 1. The summed E-state index contributed by atoms with van der Waals surface area (Å²) < 4.78 is 10.7. The molecule has 2 saturated heterocycles. The van der Waals surface area contributed by atoms with Gasteiger partial charge in [-0.25, -0.2) is 4.79 Å². The minimum atomic E-state index is -0.991. The van der Waals surface area contributed by atoms with E-state index in [1.807, 2.05) is 24.3 Å². The lowest BCUT2D eigenvalue weighted by atomic mass is 9.73. The van der Waals surface area contributed by atoms with Crippen molar-refractivity contribution in [3.8, 4) is 5.75 Å². The van der Waals surface area contributed by atoms with Crippen LogP contribution in [0.25, 0.3) is 0 Å². The zero-order valence-electron chi connectivity index (χ0n) is 15.3. The Hall–Kier alpha value is -2.61. The molecule has 0 spiro atoms. The average molecular weight is 376 g/mol. The zero-order chi connectivity index (χ0) is 19.4. The van der Waals surface area contributed by atoms with Crippen molar-refractivity contribution in [1.82, 2.24) is 10.2 Å². The topological polar surface area (TPSA) is 105 Å². The summed E-state index contributed by atoms with van der Waals surface area (Å²) in [6.45, 7) is 1.35. The quantitative estimate of drug-likeness (QED) is 0.699. The van der Waals surface area contributed by atoms with Gasteiger partial charge in [-0.3, -0.25) is 14.5 Å². The number of carbonyl (C=O) groups excluding carboxylic acids is 2. The van der Waals surface area contributed by atoms with Crippen molar-refractivity contribution in [2.75, 3.05) is 26.9 Å². The molecular formula is C19H24N2O6. The summed E-state index contributed by atoms with van der Waals surface area (Å²) in [4.78, 5) is 37.1. The van der Waals surface area contributed by atoms with Crippen LogP contribution in [-0.4, -0.2) is 60.8 Å². The first-order chi connectivity index (χ1) is 12.9. The van der Waals surface area contributed by atoms with Crippen molar-refractivity contribution >= 4 is 17.9 Å². The summed E-state index contributed by atoms with van der Waals surface area (Å²) in [7, 11) is 1.60. The SMILES string of the molecule is COc1ccc(C2(CN3C(=O)N[C@H](CCC(=O)O)C3=O)CCOCC2)cc1. The number of urea groups is 1. The van der Waals surface area contributed by atoms with Crippen LogP contribution in [0.4, 0.5) is 4.79 Å². The van der Waals surface area contributed by atoms with Crippen LogP contribution >= 0.6 is 0 Å². The van der Waals surface area contributed by atoms with Crippen LogP contribution in [-0.2, 0) is 19.7 Å². The Balaban J connectivity index is 1.80. The molecule has 8 heteroatoms. The molecule has 0 aliphatic carbocycles. The van der Waals surface area contributed by atoms with Gasteiger partial charge in [-0.05, 0) is 37.0 Å². The number of aliphatic carboxylic acids is 1. The predicted molar refractivity (Wildman–Crippen MR) is 95.6 cm³/mol. The molecule has 3 rings (SSSR count). The predicted octanol–water partition coefficient (Wildman–Crippen LogP) is 1.53. The number of hydrogen-bond donors (Lipinski definition) is 2. The molecule has 0 aromatic heterocycles. The van der Waals surface area contributed by atoms with Gasteiger partial charge in [0.05, 0.1) is 7.11 Å². The number of rotatable bonds is 7. The number of methoxy groups -OCH3 is 1. The smallest absolute Gasteiger partial charge is 0.324 e. The van der Waals surface area contributed by atoms with Gasteiger partial charge in [-0.15, -0.1) is 0 Å². The van der Waals surface area contributed by atoms with Crippen LogP contribution in [0.15, 0.2) is 24.3 Å². The van der Waals surface area contributed by atoms with Crippen molar-refractivity contribution in [2.45, 2.75) is 37.1 Å². The molecule has 2 N–H and O–H groups in total. The number of hydrogen-bond acceptors (Lipinski definition) is 5. The van der Waals surface area contributed by atoms with E-state index < -0.39 is 18.0 Å². The molecule has 1 aromatic rings. The molecule has 2 aliphatic rings. The van der Waals surface area contributed by atoms with E-state index in [0.717, 1.165) is 11.3 Å². The van der Waals surface area contributed by atoms with Crippen LogP contribution in [0.1, 0.15) is 31.2 Å². The minimum Gasteiger partial charge on any atom is -0.497 e. The fraction of sp³-hybridized carbons (Fsp3) is 0.526. The van der Waals surface area contributed by atoms with Gasteiger partial charge in [0.15, 0.2) is 0 Å². The van der Waals surface area contributed by atoms with Crippen LogP contribution < -0.4 is 10.1 Å². The fourth-order valence-electron chi connectivity index (χ4n) is 3.74. The van der Waals surface area contributed by atoms with Crippen molar-refractivity contribution in [3.63, 3.8) is 0 Å². The molecule has 3 amide bonds. The lowest BCUT2D eigenvalue weighted by Crippen LogP contribution is -2.47. The van der Waals surface area contributed by atoms with E-state index in [-0.39, 0.29) is 30.7 Å². The van der Waals surface area contributed by atoms with Gasteiger partial charge < -0.3 is 19.9 Å². The number of carboxylic acids is 1. The van der Waals surface area contributed by atoms with Gasteiger partial charge in [0.2, 0.25) is 0 Å². The highest BCUT2D eigenvalue weighted by molar-refractivity contribution is 6.04. The minimum absolute atomic E-state index is 0.0923. The fourth-order valence-corrected chi connectivity index (χ4v) is 3.74. The van der Waals surface area contributed by atoms with Crippen LogP contribution in [0.5, 0.6) is 5.75 Å². The largest absolute Gasteiger partial charge is 0.497 e. The van der Waals surface area contributed by atoms with Gasteiger partial charge in [0.1, 0.15) is 11.8 Å². The van der Waals surface area contributed by atoms with Gasteiger partial charge >= 0.3 is 12.0 Å². The third-order valence-corrected chi connectivity index (χ3v) is 5.37. The summed E-state index contributed by atoms with van der Waals surface area (Å²) in [5.74, 6) is -0.611. The number of carbonyl (C=O) groups is 3. The second kappa shape index (κ2) is 7.96. The van der Waals surface area contributed by atoms with Crippen LogP contribution in [0, 0.1) is 0 Å². The molecule has 0 bridgehead atoms. The van der Waals surface area contributed by atoms with Crippen LogP contribution in [0.3, 0.4) is 0 Å². The summed E-state index contributed by atoms with van der Waals surface area (Å²) >= 11 is 0. The molecule has 1 atom stereocenters. The summed E-state index contributed by atoms with van der Waals surface area (Å²) in [6, 6.07) is 6.42. The Kier molecular flexibility index (Phi) is 5.65. The van der Waals surface area contributed by atoms with Crippen molar-refractivity contribution in [1.29, 1.82) is 0 Å². The van der Waals surface area contributed by atoms with E-state index in [4.69, 9.17) is 14.6 Å². The summed E-state index contributed by atoms with van der Waals surface area (Å²) in [5, 5.41) is 11.4. The van der Waals surface area contributed by atoms with Gasteiger partial charge in [0.25, 0.3) is 5.91 Å². The first kappa shape index (κ1) is 19.2. The lowest BCUT2D eigenvalue weighted by Gasteiger charge is -2.39. The number of amides is 3. The molecule has 146 valence electrons. The maximum atomic E-state index is 12.7. The average Bonchev–Trinajstić information content (AvgIpc) is 2.94. The third kappa shape index (κ3) is 4.05. The first-order valence-electron chi connectivity index (χ1n) is 9.01. The number of nitrogens with zero attached hydrogens (tertiary/aromatic N) is 1. The molecule has 0 unspecified atom stereocenters. The Morgan fingerprint density at radius 2 is 1.96 bits per heavy atom. The van der Waals surface area contributed by atoms with Gasteiger partial charge in [-0.1, -0.05) is 12.1 Å². The normalized spacial score (nSPS) is 21.8. The second-order valence-corrected chi connectivity index (χ2v) is 6.98. The Labute approximate surface area is 157 Å². The molecular weight excluding hydrogens is 352 g/mol. The monoisotopic (exact) mass is 376 g/mol. The maximum absolute atomic E-state index is 12.7.